The summed E-state index contributed by atoms with van der Waals surface area (Å²) in [5.74, 6) is 0. The average Bonchev–Trinajstić information content (AvgIpc) is 2.45. The second-order valence-electron chi connectivity index (χ2n) is 4.71. The average molecular weight is 279 g/mol. The Hall–Kier alpha value is -1.81. The van der Waals surface area contributed by atoms with E-state index in [1.165, 1.54) is 12.1 Å². The highest BCUT2D eigenvalue weighted by atomic mass is 19.4. The molecule has 1 atom stereocenters. The molecule has 1 N–H and O–H groups in total. The third-order valence-corrected chi connectivity index (χ3v) is 3.19. The van der Waals surface area contributed by atoms with E-state index in [1.807, 2.05) is 37.3 Å². The van der Waals surface area contributed by atoms with Gasteiger partial charge in [0.05, 0.1) is 5.56 Å². The van der Waals surface area contributed by atoms with E-state index >= 15 is 0 Å². The Morgan fingerprint density at radius 1 is 0.950 bits per heavy atom. The first-order valence-electron chi connectivity index (χ1n) is 6.41. The summed E-state index contributed by atoms with van der Waals surface area (Å²) in [4.78, 5) is 0. The number of nitrogens with one attached hydrogen (secondary N) is 1. The van der Waals surface area contributed by atoms with Gasteiger partial charge in [-0.3, -0.25) is 0 Å². The Morgan fingerprint density at radius 2 is 1.55 bits per heavy atom. The number of alkyl halides is 3. The van der Waals surface area contributed by atoms with E-state index in [2.05, 4.69) is 5.32 Å². The van der Waals surface area contributed by atoms with Gasteiger partial charge < -0.3 is 5.32 Å². The molecule has 106 valence electrons. The van der Waals surface area contributed by atoms with Crippen molar-refractivity contribution in [3.8, 4) is 0 Å². The van der Waals surface area contributed by atoms with Crippen LogP contribution in [0.25, 0.3) is 0 Å². The van der Waals surface area contributed by atoms with Gasteiger partial charge in [0.25, 0.3) is 0 Å². The summed E-state index contributed by atoms with van der Waals surface area (Å²) in [6, 6.07) is 15.2. The molecule has 0 unspecified atom stereocenters. The summed E-state index contributed by atoms with van der Waals surface area (Å²) < 4.78 is 37.4. The molecule has 0 spiro atoms. The van der Waals surface area contributed by atoms with Crippen molar-refractivity contribution in [1.82, 2.24) is 5.32 Å². The van der Waals surface area contributed by atoms with E-state index in [0.717, 1.165) is 23.3 Å². The lowest BCUT2D eigenvalue weighted by molar-refractivity contribution is -0.137. The molecule has 0 amide bonds. The lowest BCUT2D eigenvalue weighted by atomic mass is 10.1. The van der Waals surface area contributed by atoms with Crippen molar-refractivity contribution in [2.45, 2.75) is 25.7 Å². The van der Waals surface area contributed by atoms with Gasteiger partial charge in [-0.2, -0.15) is 13.2 Å². The fourth-order valence-corrected chi connectivity index (χ4v) is 1.95. The van der Waals surface area contributed by atoms with Crippen molar-refractivity contribution >= 4 is 0 Å². The van der Waals surface area contributed by atoms with Gasteiger partial charge >= 0.3 is 6.18 Å². The molecule has 0 aliphatic rings. The van der Waals surface area contributed by atoms with Crippen LogP contribution in [0, 0.1) is 0 Å². The summed E-state index contributed by atoms with van der Waals surface area (Å²) in [5, 5.41) is 3.29. The summed E-state index contributed by atoms with van der Waals surface area (Å²) in [6.07, 6.45) is -4.28. The normalized spacial score (nSPS) is 13.2. The van der Waals surface area contributed by atoms with Crippen LogP contribution < -0.4 is 5.32 Å². The fourth-order valence-electron chi connectivity index (χ4n) is 1.95. The minimum Gasteiger partial charge on any atom is -0.306 e. The molecular formula is C16H16F3N. The van der Waals surface area contributed by atoms with E-state index in [0.29, 0.717) is 6.54 Å². The van der Waals surface area contributed by atoms with Crippen LogP contribution in [0.4, 0.5) is 13.2 Å². The van der Waals surface area contributed by atoms with E-state index in [1.54, 1.807) is 0 Å². The lowest BCUT2D eigenvalue weighted by Crippen LogP contribution is -2.18. The standard InChI is InChI=1S/C16H16F3N/c1-12(20-11-13-5-3-2-4-6-13)14-7-9-15(10-8-14)16(17,18)19/h2-10,12,20H,11H2,1H3/t12-/m0/s1. The summed E-state index contributed by atoms with van der Waals surface area (Å²) >= 11 is 0. The van der Waals surface area contributed by atoms with E-state index < -0.39 is 11.7 Å². The summed E-state index contributed by atoms with van der Waals surface area (Å²) in [6.45, 7) is 2.62. The van der Waals surface area contributed by atoms with Gasteiger partial charge in [0, 0.05) is 12.6 Å². The van der Waals surface area contributed by atoms with Gasteiger partial charge in [-0.1, -0.05) is 42.5 Å². The molecule has 0 aliphatic heterocycles. The minimum absolute atomic E-state index is 0.00232. The van der Waals surface area contributed by atoms with Crippen LogP contribution in [0.1, 0.15) is 29.7 Å². The Kier molecular flexibility index (Phi) is 4.45. The molecule has 2 rings (SSSR count). The molecule has 0 bridgehead atoms. The smallest absolute Gasteiger partial charge is 0.306 e. The number of hydrogen-bond acceptors (Lipinski definition) is 1. The van der Waals surface area contributed by atoms with Gasteiger partial charge in [0.1, 0.15) is 0 Å². The molecule has 1 nitrogen and oxygen atoms in total. The van der Waals surface area contributed by atoms with Gasteiger partial charge in [-0.15, -0.1) is 0 Å². The van der Waals surface area contributed by atoms with E-state index in [9.17, 15) is 13.2 Å². The highest BCUT2D eigenvalue weighted by Gasteiger charge is 2.30. The van der Waals surface area contributed by atoms with E-state index in [-0.39, 0.29) is 6.04 Å². The van der Waals surface area contributed by atoms with Gasteiger partial charge in [0.15, 0.2) is 0 Å². The maximum atomic E-state index is 12.5. The Labute approximate surface area is 116 Å². The predicted octanol–water partition coefficient (Wildman–Crippen LogP) is 4.56. The molecule has 4 heteroatoms. The van der Waals surface area contributed by atoms with E-state index in [4.69, 9.17) is 0 Å². The zero-order valence-electron chi connectivity index (χ0n) is 11.1. The number of benzene rings is 2. The van der Waals surface area contributed by atoms with Crippen LogP contribution in [0.3, 0.4) is 0 Å². The van der Waals surface area contributed by atoms with Crippen LogP contribution in [0.15, 0.2) is 54.6 Å². The SMILES string of the molecule is C[C@H](NCc1ccccc1)c1ccc(C(F)(F)F)cc1. The van der Waals surface area contributed by atoms with Crippen LogP contribution in [0.2, 0.25) is 0 Å². The second kappa shape index (κ2) is 6.09. The summed E-state index contributed by atoms with van der Waals surface area (Å²) in [7, 11) is 0. The molecule has 0 saturated heterocycles. The van der Waals surface area contributed by atoms with Crippen LogP contribution in [-0.4, -0.2) is 0 Å². The Balaban J connectivity index is 1.97. The molecule has 0 aliphatic carbocycles. The lowest BCUT2D eigenvalue weighted by Gasteiger charge is -2.15. The Morgan fingerprint density at radius 3 is 2.10 bits per heavy atom. The van der Waals surface area contributed by atoms with Gasteiger partial charge in [-0.25, -0.2) is 0 Å². The molecule has 0 radical (unpaired) electrons. The first kappa shape index (κ1) is 14.6. The largest absolute Gasteiger partial charge is 0.416 e. The van der Waals surface area contributed by atoms with Crippen molar-refractivity contribution in [2.24, 2.45) is 0 Å². The highest BCUT2D eigenvalue weighted by molar-refractivity contribution is 5.26. The van der Waals surface area contributed by atoms with Crippen molar-refractivity contribution in [3.05, 3.63) is 71.3 Å². The zero-order chi connectivity index (χ0) is 14.6. The first-order valence-corrected chi connectivity index (χ1v) is 6.41. The molecule has 2 aromatic carbocycles. The predicted molar refractivity (Wildman–Crippen MR) is 73.1 cm³/mol. The molecule has 0 fully saturated rings. The van der Waals surface area contributed by atoms with Crippen LogP contribution in [-0.2, 0) is 12.7 Å². The van der Waals surface area contributed by atoms with Crippen LogP contribution >= 0.6 is 0 Å². The number of rotatable bonds is 4. The molecule has 0 heterocycles. The van der Waals surface area contributed by atoms with Crippen molar-refractivity contribution in [3.63, 3.8) is 0 Å². The highest BCUT2D eigenvalue weighted by Crippen LogP contribution is 2.29. The van der Waals surface area contributed by atoms with Gasteiger partial charge in [-0.05, 0) is 30.2 Å². The van der Waals surface area contributed by atoms with Crippen LogP contribution in [0.5, 0.6) is 0 Å². The molecule has 20 heavy (non-hydrogen) atoms. The second-order valence-corrected chi connectivity index (χ2v) is 4.71. The fraction of sp³-hybridized carbons (Fsp3) is 0.250. The number of hydrogen-bond donors (Lipinski definition) is 1. The summed E-state index contributed by atoms with van der Waals surface area (Å²) in [5.41, 5.74) is 1.37. The maximum absolute atomic E-state index is 12.5. The van der Waals surface area contributed by atoms with Crippen molar-refractivity contribution < 1.29 is 13.2 Å². The minimum atomic E-state index is -4.28. The molecule has 0 saturated carbocycles. The Bertz CT molecular complexity index is 532. The molecular weight excluding hydrogens is 263 g/mol. The first-order chi connectivity index (χ1) is 9.47. The van der Waals surface area contributed by atoms with Gasteiger partial charge in [0.2, 0.25) is 0 Å². The van der Waals surface area contributed by atoms with Crippen molar-refractivity contribution in [2.75, 3.05) is 0 Å². The topological polar surface area (TPSA) is 12.0 Å². The third-order valence-electron chi connectivity index (χ3n) is 3.19. The molecule has 0 aromatic heterocycles. The van der Waals surface area contributed by atoms with Crippen molar-refractivity contribution in [1.29, 1.82) is 0 Å². The zero-order valence-corrected chi connectivity index (χ0v) is 11.1. The molecule has 2 aromatic rings. The third kappa shape index (κ3) is 3.84. The number of halogens is 3. The monoisotopic (exact) mass is 279 g/mol. The maximum Gasteiger partial charge on any atom is 0.416 e. The quantitative estimate of drug-likeness (QED) is 0.865.